The van der Waals surface area contributed by atoms with Gasteiger partial charge < -0.3 is 10.0 Å². The third kappa shape index (κ3) is 5.47. The predicted octanol–water partition coefficient (Wildman–Crippen LogP) is 1.86. The lowest BCUT2D eigenvalue weighted by molar-refractivity contribution is -0.119. The largest absolute Gasteiger partial charge is 0.395 e. The Labute approximate surface area is 132 Å². The molecule has 0 aliphatic carbocycles. The Bertz CT molecular complexity index is 517. The first-order chi connectivity index (χ1) is 10.5. The van der Waals surface area contributed by atoms with E-state index in [-0.39, 0.29) is 19.1 Å². The summed E-state index contributed by atoms with van der Waals surface area (Å²) in [6, 6.07) is 8.08. The van der Waals surface area contributed by atoms with Crippen molar-refractivity contribution < 1.29 is 9.90 Å². The van der Waals surface area contributed by atoms with Gasteiger partial charge in [0.25, 0.3) is 0 Å². The van der Waals surface area contributed by atoms with Crippen LogP contribution < -0.4 is 4.90 Å². The number of aliphatic hydroxyl groups excluding tert-OH is 1. The first kappa shape index (κ1) is 18.1. The Morgan fingerprint density at radius 2 is 1.86 bits per heavy atom. The minimum atomic E-state index is -0.0458. The summed E-state index contributed by atoms with van der Waals surface area (Å²) in [5, 5.41) is 17.9. The van der Waals surface area contributed by atoms with Crippen molar-refractivity contribution in [3.05, 3.63) is 29.3 Å². The number of likely N-dealkylation sites (N-methyl/N-ethyl adjacent to an activating group) is 1. The fraction of sp³-hybridized carbons (Fsp3) is 0.529. The molecule has 1 amide bonds. The fourth-order valence-electron chi connectivity index (χ4n) is 2.43. The Hall–Kier alpha value is -1.90. The molecule has 0 bridgehead atoms. The normalized spacial score (nSPS) is 10.5. The van der Waals surface area contributed by atoms with Gasteiger partial charge in [0.05, 0.1) is 25.6 Å². The maximum atomic E-state index is 12.6. The highest BCUT2D eigenvalue weighted by molar-refractivity contribution is 5.95. The number of nitriles is 1. The molecule has 0 saturated carbocycles. The van der Waals surface area contributed by atoms with Crippen LogP contribution in [0.5, 0.6) is 0 Å². The molecular formula is C17H25N3O2. The van der Waals surface area contributed by atoms with E-state index in [4.69, 9.17) is 10.4 Å². The molecule has 0 aliphatic rings. The van der Waals surface area contributed by atoms with E-state index < -0.39 is 0 Å². The molecule has 1 N–H and O–H groups in total. The zero-order valence-corrected chi connectivity index (χ0v) is 13.7. The Balaban J connectivity index is 2.96. The van der Waals surface area contributed by atoms with E-state index in [2.05, 4.69) is 12.1 Å². The molecule has 5 nitrogen and oxygen atoms in total. The van der Waals surface area contributed by atoms with Crippen LogP contribution in [0.25, 0.3) is 0 Å². The minimum absolute atomic E-state index is 0.0306. The number of aliphatic hydroxyl groups is 1. The van der Waals surface area contributed by atoms with Crippen LogP contribution in [0.15, 0.2) is 18.2 Å². The average molecular weight is 303 g/mol. The molecule has 0 radical (unpaired) electrons. The number of hydrogen-bond acceptors (Lipinski definition) is 4. The van der Waals surface area contributed by atoms with Crippen molar-refractivity contribution in [2.24, 2.45) is 0 Å². The molecule has 0 atom stereocenters. The van der Waals surface area contributed by atoms with Gasteiger partial charge in [-0.15, -0.1) is 0 Å². The van der Waals surface area contributed by atoms with E-state index in [1.807, 2.05) is 37.8 Å². The molecular weight excluding hydrogens is 278 g/mol. The second-order valence-electron chi connectivity index (χ2n) is 5.39. The van der Waals surface area contributed by atoms with Crippen molar-refractivity contribution in [1.82, 2.24) is 4.90 Å². The summed E-state index contributed by atoms with van der Waals surface area (Å²) >= 11 is 0. The van der Waals surface area contributed by atoms with E-state index in [1.165, 1.54) is 0 Å². The Morgan fingerprint density at radius 1 is 1.23 bits per heavy atom. The van der Waals surface area contributed by atoms with Crippen molar-refractivity contribution >= 4 is 11.6 Å². The number of carbonyl (C=O) groups is 1. The van der Waals surface area contributed by atoms with Gasteiger partial charge in [-0.3, -0.25) is 9.69 Å². The highest BCUT2D eigenvalue weighted by Gasteiger charge is 2.18. The third-order valence-electron chi connectivity index (χ3n) is 3.49. The van der Waals surface area contributed by atoms with Crippen molar-refractivity contribution in [3.8, 4) is 6.07 Å². The number of nitrogens with zero attached hydrogens (tertiary/aromatic N) is 3. The number of aryl methyl sites for hydroxylation is 2. The number of rotatable bonds is 8. The summed E-state index contributed by atoms with van der Waals surface area (Å²) in [6.45, 7) is 7.78. The maximum absolute atomic E-state index is 12.6. The summed E-state index contributed by atoms with van der Waals surface area (Å²) in [4.78, 5) is 16.2. The molecule has 1 aromatic carbocycles. The molecule has 5 heteroatoms. The first-order valence-electron chi connectivity index (χ1n) is 7.60. The lowest BCUT2D eigenvalue weighted by atomic mass is 10.1. The van der Waals surface area contributed by atoms with Gasteiger partial charge in [-0.25, -0.2) is 0 Å². The minimum Gasteiger partial charge on any atom is -0.395 e. The predicted molar refractivity (Wildman–Crippen MR) is 87.7 cm³/mol. The topological polar surface area (TPSA) is 67.6 Å². The first-order valence-corrected chi connectivity index (χ1v) is 7.60. The molecule has 1 aromatic rings. The summed E-state index contributed by atoms with van der Waals surface area (Å²) in [7, 11) is 0. The van der Waals surface area contributed by atoms with Crippen LogP contribution in [0.1, 0.15) is 24.5 Å². The molecule has 0 fully saturated rings. The van der Waals surface area contributed by atoms with Gasteiger partial charge in [0.15, 0.2) is 0 Å². The highest BCUT2D eigenvalue weighted by atomic mass is 16.3. The number of benzene rings is 1. The number of carbonyl (C=O) groups excluding carboxylic acids is 1. The lowest BCUT2D eigenvalue weighted by Gasteiger charge is -2.26. The van der Waals surface area contributed by atoms with Crippen LogP contribution in [-0.4, -0.2) is 48.7 Å². The van der Waals surface area contributed by atoms with Gasteiger partial charge in [-0.2, -0.15) is 5.26 Å². The molecule has 0 saturated heterocycles. The lowest BCUT2D eigenvalue weighted by Crippen LogP contribution is -2.42. The number of anilines is 1. The summed E-state index contributed by atoms with van der Waals surface area (Å²) in [5.41, 5.74) is 3.01. The number of amides is 1. The molecule has 0 aromatic heterocycles. The summed E-state index contributed by atoms with van der Waals surface area (Å²) in [5.74, 6) is -0.0458. The van der Waals surface area contributed by atoms with Crippen molar-refractivity contribution in [2.45, 2.75) is 27.2 Å². The fourth-order valence-corrected chi connectivity index (χ4v) is 2.43. The standard InChI is InChI=1S/C17H25N3O2/c1-4-19(8-9-21)13-17(22)20(7-5-6-18)16-11-14(2)10-15(3)12-16/h10-12,21H,4-5,7-9,13H2,1-3H3. The van der Waals surface area contributed by atoms with Gasteiger partial charge in [0.2, 0.25) is 5.91 Å². The van der Waals surface area contributed by atoms with E-state index in [0.29, 0.717) is 26.1 Å². The zero-order valence-electron chi connectivity index (χ0n) is 13.7. The second-order valence-corrected chi connectivity index (χ2v) is 5.39. The molecule has 0 aliphatic heterocycles. The van der Waals surface area contributed by atoms with Crippen molar-refractivity contribution in [1.29, 1.82) is 5.26 Å². The van der Waals surface area contributed by atoms with Crippen LogP contribution in [-0.2, 0) is 4.79 Å². The molecule has 0 spiro atoms. The van der Waals surface area contributed by atoms with Gasteiger partial charge in [0, 0.05) is 18.8 Å². The van der Waals surface area contributed by atoms with Crippen LogP contribution in [0.2, 0.25) is 0 Å². The molecule has 1 rings (SSSR count). The second kappa shape index (κ2) is 9.19. The average Bonchev–Trinajstić information content (AvgIpc) is 2.46. The van der Waals surface area contributed by atoms with Crippen molar-refractivity contribution in [3.63, 3.8) is 0 Å². The Kier molecular flexibility index (Phi) is 7.58. The monoisotopic (exact) mass is 303 g/mol. The van der Waals surface area contributed by atoms with Gasteiger partial charge >= 0.3 is 0 Å². The molecule has 22 heavy (non-hydrogen) atoms. The highest BCUT2D eigenvalue weighted by Crippen LogP contribution is 2.19. The van der Waals surface area contributed by atoms with E-state index >= 15 is 0 Å². The SMILES string of the molecule is CCN(CCO)CC(=O)N(CCC#N)c1cc(C)cc(C)c1. The van der Waals surface area contributed by atoms with Gasteiger partial charge in [-0.1, -0.05) is 13.0 Å². The van der Waals surface area contributed by atoms with Crippen LogP contribution >= 0.6 is 0 Å². The quantitative estimate of drug-likeness (QED) is 0.796. The maximum Gasteiger partial charge on any atom is 0.241 e. The third-order valence-corrected chi connectivity index (χ3v) is 3.49. The molecule has 0 heterocycles. The van der Waals surface area contributed by atoms with Crippen LogP contribution in [0.4, 0.5) is 5.69 Å². The summed E-state index contributed by atoms with van der Waals surface area (Å²) in [6.07, 6.45) is 0.296. The Morgan fingerprint density at radius 3 is 2.36 bits per heavy atom. The smallest absolute Gasteiger partial charge is 0.241 e. The van der Waals surface area contributed by atoms with E-state index in [9.17, 15) is 4.79 Å². The van der Waals surface area contributed by atoms with Crippen molar-refractivity contribution in [2.75, 3.05) is 37.7 Å². The zero-order chi connectivity index (χ0) is 16.5. The summed E-state index contributed by atoms with van der Waals surface area (Å²) < 4.78 is 0. The van der Waals surface area contributed by atoms with Gasteiger partial charge in [-0.05, 0) is 43.7 Å². The van der Waals surface area contributed by atoms with Gasteiger partial charge in [0.1, 0.15) is 0 Å². The van der Waals surface area contributed by atoms with Crippen LogP contribution in [0.3, 0.4) is 0 Å². The molecule has 0 unspecified atom stereocenters. The molecule has 120 valence electrons. The number of hydrogen-bond donors (Lipinski definition) is 1. The van der Waals surface area contributed by atoms with E-state index in [1.54, 1.807) is 4.90 Å². The van der Waals surface area contributed by atoms with E-state index in [0.717, 1.165) is 16.8 Å². The van der Waals surface area contributed by atoms with Crippen LogP contribution in [0, 0.1) is 25.2 Å².